The number of hydrogen-bond acceptors (Lipinski definition) is 1. The zero-order chi connectivity index (χ0) is 62.1. The van der Waals surface area contributed by atoms with E-state index in [4.69, 9.17) is 0 Å². The first-order valence-electron chi connectivity index (χ1n) is 32.3. The van der Waals surface area contributed by atoms with Crippen LogP contribution < -0.4 is 4.90 Å². The van der Waals surface area contributed by atoms with Crippen LogP contribution in [-0.2, 0) is 0 Å². The van der Waals surface area contributed by atoms with E-state index in [2.05, 4.69) is 383 Å². The predicted octanol–water partition coefficient (Wildman–Crippen LogP) is 24.4. The van der Waals surface area contributed by atoms with Crippen molar-refractivity contribution in [2.24, 2.45) is 0 Å². The van der Waals surface area contributed by atoms with Gasteiger partial charge < -0.3 is 18.6 Å². The second-order valence-corrected chi connectivity index (χ2v) is 24.5. The summed E-state index contributed by atoms with van der Waals surface area (Å²) in [5, 5.41) is 7.38. The lowest BCUT2D eigenvalue weighted by molar-refractivity contribution is 1.17. The van der Waals surface area contributed by atoms with E-state index in [0.29, 0.717) is 0 Å². The Morgan fingerprint density at radius 2 is 0.362 bits per heavy atom. The molecule has 4 heteroatoms. The lowest BCUT2D eigenvalue weighted by Crippen LogP contribution is -2.10. The first-order valence-corrected chi connectivity index (χ1v) is 32.3. The third-order valence-electron chi connectivity index (χ3n) is 19.1. The highest BCUT2D eigenvalue weighted by Crippen LogP contribution is 2.43. The Hall–Kier alpha value is -12.5. The maximum atomic E-state index is 2.44. The van der Waals surface area contributed by atoms with E-state index in [-0.39, 0.29) is 0 Å². The van der Waals surface area contributed by atoms with E-state index in [1.165, 1.54) is 121 Å². The van der Waals surface area contributed by atoms with Gasteiger partial charge in [-0.05, 0) is 200 Å². The quantitative estimate of drug-likeness (QED) is 0.119. The largest absolute Gasteiger partial charge is 0.311 e. The van der Waals surface area contributed by atoms with Crippen molar-refractivity contribution in [3.8, 4) is 83.8 Å². The molecule has 0 atom stereocenters. The minimum atomic E-state index is 1.07. The van der Waals surface area contributed by atoms with Crippen molar-refractivity contribution >= 4 is 82.5 Å². The zero-order valence-electron chi connectivity index (χ0n) is 51.4. The van der Waals surface area contributed by atoms with E-state index >= 15 is 0 Å². The standard InChI is InChI=1S/C90H60N4/c1-5-17-61(18-6-1)63-37-45-75(46-38-63)91(76-47-39-64(40-48-76)62-19-7-2-8-20-62)77-49-51-78(52-50-77)94-89-55-43-71(67-33-29-65(30-34-67)69-41-53-87-81(57-69)79-25-13-15-27-85(79)92(87)73-21-9-3-10-22-73)59-83(89)84-60-72(44-56-90(84)94)68-35-31-66(32-36-68)70-42-54-88-82(58-70)80-26-14-16-28-86(80)93(88)74-23-11-4-12-24-74/h1-60H. The second-order valence-electron chi connectivity index (χ2n) is 24.5. The van der Waals surface area contributed by atoms with E-state index in [1.807, 2.05) is 0 Å². The average molecular weight is 1200 g/mol. The normalized spacial score (nSPS) is 11.6. The van der Waals surface area contributed by atoms with Crippen molar-refractivity contribution in [1.29, 1.82) is 0 Å². The predicted molar refractivity (Wildman–Crippen MR) is 397 cm³/mol. The van der Waals surface area contributed by atoms with Crippen molar-refractivity contribution in [2.45, 2.75) is 0 Å². The van der Waals surface area contributed by atoms with Crippen LogP contribution in [-0.4, -0.2) is 13.7 Å². The Kier molecular flexibility index (Phi) is 13.2. The van der Waals surface area contributed by atoms with E-state index in [1.54, 1.807) is 0 Å². The molecule has 18 aromatic rings. The van der Waals surface area contributed by atoms with Crippen LogP contribution in [0.2, 0.25) is 0 Å². The number of aromatic nitrogens is 3. The summed E-state index contributed by atoms with van der Waals surface area (Å²) in [6, 6.07) is 133. The number of para-hydroxylation sites is 4. The zero-order valence-corrected chi connectivity index (χ0v) is 51.4. The van der Waals surface area contributed by atoms with Crippen molar-refractivity contribution in [2.75, 3.05) is 4.90 Å². The molecule has 0 N–H and O–H groups in total. The number of rotatable bonds is 12. The molecular weight excluding hydrogens is 1140 g/mol. The van der Waals surface area contributed by atoms with Gasteiger partial charge in [-0.3, -0.25) is 0 Å². The molecular formula is C90H60N4. The molecule has 0 aliphatic heterocycles. The SMILES string of the molecule is c1ccc(-c2ccc(N(c3ccc(-c4ccccc4)cc3)c3ccc(-n4c5ccc(-c6ccc(-c7ccc8c(c7)c7ccccc7n8-c7ccccc7)cc6)cc5c5cc(-c6ccc(-c7ccc8c(c7)c7ccccc7n8-c7ccccc7)cc6)ccc54)cc3)cc2)cc1. The van der Waals surface area contributed by atoms with Gasteiger partial charge in [0.2, 0.25) is 0 Å². The average Bonchev–Trinajstić information content (AvgIpc) is 1.61. The number of nitrogens with zero attached hydrogens (tertiary/aromatic N) is 4. The Balaban J connectivity index is 0.725. The molecule has 0 radical (unpaired) electrons. The van der Waals surface area contributed by atoms with Crippen molar-refractivity contribution in [3.05, 3.63) is 364 Å². The smallest absolute Gasteiger partial charge is 0.0541 e. The molecule has 0 fully saturated rings. The highest BCUT2D eigenvalue weighted by molar-refractivity contribution is 6.13. The number of fused-ring (bicyclic) bond motifs is 9. The molecule has 94 heavy (non-hydrogen) atoms. The van der Waals surface area contributed by atoms with Crippen LogP contribution >= 0.6 is 0 Å². The summed E-state index contributed by atoms with van der Waals surface area (Å²) < 4.78 is 7.19. The van der Waals surface area contributed by atoms with Gasteiger partial charge in [0.05, 0.1) is 33.1 Å². The minimum Gasteiger partial charge on any atom is -0.311 e. The summed E-state index contributed by atoms with van der Waals surface area (Å²) in [6.45, 7) is 0. The Morgan fingerprint density at radius 3 is 0.691 bits per heavy atom. The summed E-state index contributed by atoms with van der Waals surface area (Å²) >= 11 is 0. The molecule has 0 saturated carbocycles. The van der Waals surface area contributed by atoms with Gasteiger partial charge in [-0.2, -0.15) is 0 Å². The van der Waals surface area contributed by atoms with Crippen LogP contribution in [0, 0.1) is 0 Å². The highest BCUT2D eigenvalue weighted by Gasteiger charge is 2.20. The number of hydrogen-bond donors (Lipinski definition) is 0. The molecule has 0 bridgehead atoms. The fourth-order valence-electron chi connectivity index (χ4n) is 14.5. The van der Waals surface area contributed by atoms with E-state index in [0.717, 1.165) is 45.2 Å². The molecule has 0 unspecified atom stereocenters. The molecule has 15 aromatic carbocycles. The lowest BCUT2D eigenvalue weighted by atomic mass is 9.97. The molecule has 0 aliphatic carbocycles. The molecule has 440 valence electrons. The first-order chi connectivity index (χ1) is 46.6. The highest BCUT2D eigenvalue weighted by atomic mass is 15.1. The van der Waals surface area contributed by atoms with Gasteiger partial charge in [0.1, 0.15) is 0 Å². The van der Waals surface area contributed by atoms with Gasteiger partial charge in [0.15, 0.2) is 0 Å². The molecule has 0 aliphatic rings. The summed E-state index contributed by atoms with van der Waals surface area (Å²) in [4.78, 5) is 2.36. The topological polar surface area (TPSA) is 18.0 Å². The monoisotopic (exact) mass is 1200 g/mol. The molecule has 18 rings (SSSR count). The van der Waals surface area contributed by atoms with Crippen LogP contribution in [0.4, 0.5) is 17.1 Å². The van der Waals surface area contributed by atoms with Gasteiger partial charge in [-0.1, -0.05) is 231 Å². The Labute approximate surface area is 545 Å². The number of benzene rings is 15. The summed E-state index contributed by atoms with van der Waals surface area (Å²) in [5.74, 6) is 0. The van der Waals surface area contributed by atoms with Crippen molar-refractivity contribution in [3.63, 3.8) is 0 Å². The summed E-state index contributed by atoms with van der Waals surface area (Å²) in [6.07, 6.45) is 0. The molecule has 0 amide bonds. The van der Waals surface area contributed by atoms with E-state index in [9.17, 15) is 0 Å². The molecule has 0 spiro atoms. The fraction of sp³-hybridized carbons (Fsp3) is 0. The Bertz CT molecular complexity index is 5490. The van der Waals surface area contributed by atoms with Gasteiger partial charge in [0, 0.05) is 66.4 Å². The number of anilines is 3. The van der Waals surface area contributed by atoms with Crippen LogP contribution in [0.5, 0.6) is 0 Å². The third kappa shape index (κ3) is 9.47. The van der Waals surface area contributed by atoms with Crippen LogP contribution in [0.3, 0.4) is 0 Å². The molecule has 3 heterocycles. The van der Waals surface area contributed by atoms with Gasteiger partial charge in [0.25, 0.3) is 0 Å². The fourth-order valence-corrected chi connectivity index (χ4v) is 14.5. The third-order valence-corrected chi connectivity index (χ3v) is 19.1. The van der Waals surface area contributed by atoms with Crippen molar-refractivity contribution < 1.29 is 0 Å². The van der Waals surface area contributed by atoms with Crippen LogP contribution in [0.1, 0.15) is 0 Å². The summed E-state index contributed by atoms with van der Waals surface area (Å²) in [5.41, 5.74) is 27.9. The maximum Gasteiger partial charge on any atom is 0.0541 e. The molecule has 0 saturated heterocycles. The first kappa shape index (κ1) is 54.4. The van der Waals surface area contributed by atoms with Gasteiger partial charge in [-0.15, -0.1) is 0 Å². The molecule has 4 nitrogen and oxygen atoms in total. The lowest BCUT2D eigenvalue weighted by Gasteiger charge is -2.26. The Morgan fingerprint density at radius 1 is 0.149 bits per heavy atom. The maximum absolute atomic E-state index is 2.44. The summed E-state index contributed by atoms with van der Waals surface area (Å²) in [7, 11) is 0. The van der Waals surface area contributed by atoms with E-state index < -0.39 is 0 Å². The van der Waals surface area contributed by atoms with Crippen LogP contribution in [0.25, 0.3) is 149 Å². The molecule has 3 aromatic heterocycles. The van der Waals surface area contributed by atoms with Gasteiger partial charge >= 0.3 is 0 Å². The van der Waals surface area contributed by atoms with Gasteiger partial charge in [-0.25, -0.2) is 0 Å². The minimum absolute atomic E-state index is 1.07. The second kappa shape index (κ2) is 22.8. The van der Waals surface area contributed by atoms with Crippen LogP contribution in [0.15, 0.2) is 364 Å². The van der Waals surface area contributed by atoms with Crippen molar-refractivity contribution in [1.82, 2.24) is 13.7 Å².